The van der Waals surface area contributed by atoms with Gasteiger partial charge in [0, 0.05) is 12.6 Å². The first-order chi connectivity index (χ1) is 9.75. The maximum Gasteiger partial charge on any atom is 0.407 e. The molecule has 1 rings (SSSR count). The molecule has 1 amide bonds. The molecule has 4 N–H and O–H groups in total. The van der Waals surface area contributed by atoms with Gasteiger partial charge in [-0.25, -0.2) is 4.79 Å². The number of phenolic OH excluding ortho intramolecular Hbond substituents is 1. The second-order valence-electron chi connectivity index (χ2n) is 5.79. The Bertz CT molecular complexity index is 483. The summed E-state index contributed by atoms with van der Waals surface area (Å²) < 4.78 is 10.3. The molecule has 6 heteroatoms. The van der Waals surface area contributed by atoms with Crippen LogP contribution in [-0.4, -0.2) is 36.5 Å². The first-order valence-electron chi connectivity index (χ1n) is 6.80. The van der Waals surface area contributed by atoms with E-state index >= 15 is 0 Å². The van der Waals surface area contributed by atoms with Crippen molar-refractivity contribution < 1.29 is 19.4 Å². The highest BCUT2D eigenvalue weighted by molar-refractivity contribution is 5.68. The Hall–Kier alpha value is -1.95. The first kappa shape index (κ1) is 17.1. The number of aromatic hydroxyl groups is 1. The van der Waals surface area contributed by atoms with Crippen molar-refractivity contribution in [2.75, 3.05) is 13.7 Å². The van der Waals surface area contributed by atoms with Crippen molar-refractivity contribution in [3.8, 4) is 11.5 Å². The Kier molecular flexibility index (Phi) is 5.84. The van der Waals surface area contributed by atoms with Crippen LogP contribution in [0.3, 0.4) is 0 Å². The maximum absolute atomic E-state index is 11.7. The van der Waals surface area contributed by atoms with Gasteiger partial charge in [-0.2, -0.15) is 0 Å². The summed E-state index contributed by atoms with van der Waals surface area (Å²) in [6.07, 6.45) is 0.0236. The fourth-order valence-electron chi connectivity index (χ4n) is 1.80. The van der Waals surface area contributed by atoms with Gasteiger partial charge in [-0.3, -0.25) is 0 Å². The number of rotatable bonds is 5. The van der Waals surface area contributed by atoms with Crippen LogP contribution in [0.4, 0.5) is 4.79 Å². The topological polar surface area (TPSA) is 93.8 Å². The number of alkyl carbamates (subject to hydrolysis) is 1. The average molecular weight is 296 g/mol. The number of carbonyl (C=O) groups is 1. The van der Waals surface area contributed by atoms with Crippen LogP contribution in [0.25, 0.3) is 0 Å². The number of hydrogen-bond acceptors (Lipinski definition) is 5. The molecule has 0 saturated carbocycles. The predicted molar refractivity (Wildman–Crippen MR) is 80.6 cm³/mol. The van der Waals surface area contributed by atoms with Crippen LogP contribution >= 0.6 is 0 Å². The summed E-state index contributed by atoms with van der Waals surface area (Å²) in [4.78, 5) is 11.7. The molecule has 0 spiro atoms. The van der Waals surface area contributed by atoms with Gasteiger partial charge in [-0.1, -0.05) is 6.07 Å². The summed E-state index contributed by atoms with van der Waals surface area (Å²) >= 11 is 0. The SMILES string of the molecule is COc1cc(CC(CN)NC(=O)OC(C)(C)C)ccc1O. The van der Waals surface area contributed by atoms with Gasteiger partial charge in [0.05, 0.1) is 7.11 Å². The lowest BCUT2D eigenvalue weighted by molar-refractivity contribution is 0.0506. The summed E-state index contributed by atoms with van der Waals surface area (Å²) in [5.41, 5.74) is 6.03. The maximum atomic E-state index is 11.7. The van der Waals surface area contributed by atoms with Gasteiger partial charge >= 0.3 is 6.09 Å². The van der Waals surface area contributed by atoms with Crippen LogP contribution in [-0.2, 0) is 11.2 Å². The number of carbonyl (C=O) groups excluding carboxylic acids is 1. The fraction of sp³-hybridized carbons (Fsp3) is 0.533. The molecule has 118 valence electrons. The zero-order valence-electron chi connectivity index (χ0n) is 13.0. The number of phenols is 1. The summed E-state index contributed by atoms with van der Waals surface area (Å²) in [7, 11) is 1.48. The van der Waals surface area contributed by atoms with Crippen LogP contribution in [0.1, 0.15) is 26.3 Å². The number of nitrogens with one attached hydrogen (secondary N) is 1. The molecule has 0 heterocycles. The highest BCUT2D eigenvalue weighted by Gasteiger charge is 2.19. The Morgan fingerprint density at radius 1 is 1.43 bits per heavy atom. The summed E-state index contributed by atoms with van der Waals surface area (Å²) in [6.45, 7) is 5.68. The average Bonchev–Trinajstić information content (AvgIpc) is 2.37. The molecule has 0 bridgehead atoms. The Morgan fingerprint density at radius 3 is 2.62 bits per heavy atom. The van der Waals surface area contributed by atoms with Gasteiger partial charge in [0.2, 0.25) is 0 Å². The van der Waals surface area contributed by atoms with Gasteiger partial charge in [0.1, 0.15) is 5.60 Å². The summed E-state index contributed by atoms with van der Waals surface area (Å²) in [6, 6.07) is 4.77. The summed E-state index contributed by atoms with van der Waals surface area (Å²) in [5, 5.41) is 12.3. The molecule has 21 heavy (non-hydrogen) atoms. The third-order valence-electron chi connectivity index (χ3n) is 2.73. The molecule has 0 aliphatic carbocycles. The third-order valence-corrected chi connectivity index (χ3v) is 2.73. The molecule has 0 aliphatic heterocycles. The minimum atomic E-state index is -0.551. The molecule has 0 saturated heterocycles. The van der Waals surface area contributed by atoms with Crippen molar-refractivity contribution in [2.24, 2.45) is 5.73 Å². The predicted octanol–water partition coefficient (Wildman–Crippen LogP) is 1.80. The molecule has 1 aromatic carbocycles. The molecule has 0 aliphatic rings. The molecule has 1 aromatic rings. The number of methoxy groups -OCH3 is 1. The summed E-state index contributed by atoms with van der Waals surface area (Å²) in [5.74, 6) is 0.464. The quantitative estimate of drug-likeness (QED) is 0.770. The van der Waals surface area contributed by atoms with E-state index in [-0.39, 0.29) is 18.3 Å². The Labute approximate surface area is 125 Å². The molecular weight excluding hydrogens is 272 g/mol. The van der Waals surface area contributed by atoms with Crippen molar-refractivity contribution in [1.29, 1.82) is 0 Å². The monoisotopic (exact) mass is 296 g/mol. The van der Waals surface area contributed by atoms with Crippen LogP contribution in [0.2, 0.25) is 0 Å². The van der Waals surface area contributed by atoms with E-state index in [1.165, 1.54) is 7.11 Å². The molecule has 1 unspecified atom stereocenters. The van der Waals surface area contributed by atoms with Gasteiger partial charge in [0.25, 0.3) is 0 Å². The zero-order valence-corrected chi connectivity index (χ0v) is 13.0. The lowest BCUT2D eigenvalue weighted by Crippen LogP contribution is -2.44. The second-order valence-corrected chi connectivity index (χ2v) is 5.79. The smallest absolute Gasteiger partial charge is 0.407 e. The Morgan fingerprint density at radius 2 is 2.10 bits per heavy atom. The number of benzene rings is 1. The first-order valence-corrected chi connectivity index (χ1v) is 6.80. The van der Waals surface area contributed by atoms with E-state index in [1.54, 1.807) is 39.0 Å². The molecular formula is C15H24N2O4. The van der Waals surface area contributed by atoms with Crippen molar-refractivity contribution in [3.05, 3.63) is 23.8 Å². The van der Waals surface area contributed by atoms with Crippen LogP contribution in [0.5, 0.6) is 11.5 Å². The van der Waals surface area contributed by atoms with Crippen LogP contribution < -0.4 is 15.8 Å². The lowest BCUT2D eigenvalue weighted by Gasteiger charge is -2.23. The second kappa shape index (κ2) is 7.17. The van der Waals surface area contributed by atoms with Gasteiger partial charge in [-0.05, 0) is 44.9 Å². The number of nitrogens with two attached hydrogens (primary N) is 1. The van der Waals surface area contributed by atoms with Crippen molar-refractivity contribution >= 4 is 6.09 Å². The van der Waals surface area contributed by atoms with Crippen molar-refractivity contribution in [2.45, 2.75) is 38.8 Å². The van der Waals surface area contributed by atoms with Crippen molar-refractivity contribution in [1.82, 2.24) is 5.32 Å². The van der Waals surface area contributed by atoms with E-state index in [1.807, 2.05) is 0 Å². The van der Waals surface area contributed by atoms with Crippen LogP contribution in [0, 0.1) is 0 Å². The number of hydrogen-bond donors (Lipinski definition) is 3. The van der Waals surface area contributed by atoms with E-state index in [9.17, 15) is 9.90 Å². The largest absolute Gasteiger partial charge is 0.504 e. The van der Waals surface area contributed by atoms with Gasteiger partial charge in [-0.15, -0.1) is 0 Å². The molecule has 0 radical (unpaired) electrons. The minimum Gasteiger partial charge on any atom is -0.504 e. The number of ether oxygens (including phenoxy) is 2. The highest BCUT2D eigenvalue weighted by Crippen LogP contribution is 2.26. The standard InChI is InChI=1S/C15H24N2O4/c1-15(2,3)21-14(19)17-11(9-16)7-10-5-6-12(18)13(8-10)20-4/h5-6,8,11,18H,7,9,16H2,1-4H3,(H,17,19). The molecule has 6 nitrogen and oxygen atoms in total. The van der Waals surface area contributed by atoms with E-state index in [2.05, 4.69) is 5.32 Å². The van der Waals surface area contributed by atoms with Gasteiger partial charge < -0.3 is 25.6 Å². The van der Waals surface area contributed by atoms with E-state index in [0.717, 1.165) is 5.56 Å². The zero-order chi connectivity index (χ0) is 16.0. The third kappa shape index (κ3) is 5.91. The Balaban J connectivity index is 2.68. The number of amides is 1. The van der Waals surface area contributed by atoms with Crippen LogP contribution in [0.15, 0.2) is 18.2 Å². The van der Waals surface area contributed by atoms with E-state index < -0.39 is 11.7 Å². The minimum absolute atomic E-state index is 0.0747. The molecule has 0 fully saturated rings. The van der Waals surface area contributed by atoms with Gasteiger partial charge in [0.15, 0.2) is 11.5 Å². The van der Waals surface area contributed by atoms with E-state index in [4.69, 9.17) is 15.2 Å². The highest BCUT2D eigenvalue weighted by atomic mass is 16.6. The molecule has 0 aromatic heterocycles. The molecule has 1 atom stereocenters. The lowest BCUT2D eigenvalue weighted by atomic mass is 10.1. The van der Waals surface area contributed by atoms with Crippen molar-refractivity contribution in [3.63, 3.8) is 0 Å². The van der Waals surface area contributed by atoms with E-state index in [0.29, 0.717) is 12.2 Å². The normalized spacial score (nSPS) is 12.6. The fourth-order valence-corrected chi connectivity index (χ4v) is 1.80.